The summed E-state index contributed by atoms with van der Waals surface area (Å²) in [5.41, 5.74) is 5.17. The Morgan fingerprint density at radius 1 is 0.971 bits per heavy atom. The zero-order chi connectivity index (χ0) is 25.8. The Kier molecular flexibility index (Phi) is 8.59. The lowest BCUT2D eigenvalue weighted by atomic mass is 9.96. The molecular formula is C27H31ClN2O4S. The van der Waals surface area contributed by atoms with Gasteiger partial charge < -0.3 is 10.1 Å². The summed E-state index contributed by atoms with van der Waals surface area (Å²) in [5.74, 6) is -0.288. The van der Waals surface area contributed by atoms with Crippen molar-refractivity contribution >= 4 is 27.5 Å². The predicted octanol–water partition coefficient (Wildman–Crippen LogP) is 5.04. The van der Waals surface area contributed by atoms with Gasteiger partial charge in [0.1, 0.15) is 16.7 Å². The van der Waals surface area contributed by atoms with E-state index in [4.69, 9.17) is 16.3 Å². The van der Waals surface area contributed by atoms with Crippen LogP contribution in [0.2, 0.25) is 5.02 Å². The average molecular weight is 515 g/mol. The van der Waals surface area contributed by atoms with Crippen molar-refractivity contribution in [3.05, 3.63) is 93.5 Å². The first-order chi connectivity index (χ1) is 16.5. The number of aryl methyl sites for hydroxylation is 3. The van der Waals surface area contributed by atoms with Gasteiger partial charge in [0.25, 0.3) is 0 Å². The van der Waals surface area contributed by atoms with Crippen LogP contribution in [0.1, 0.15) is 40.8 Å². The number of sulfonamides is 1. The summed E-state index contributed by atoms with van der Waals surface area (Å²) in [6, 6.07) is 16.4. The maximum Gasteiger partial charge on any atom is 0.245 e. The quantitative estimate of drug-likeness (QED) is 0.419. The molecule has 0 saturated carbocycles. The van der Waals surface area contributed by atoms with Crippen LogP contribution < -0.4 is 14.8 Å². The van der Waals surface area contributed by atoms with Crippen LogP contribution in [0.5, 0.6) is 5.75 Å². The summed E-state index contributed by atoms with van der Waals surface area (Å²) < 4.78 is 34.5. The average Bonchev–Trinajstić information content (AvgIpc) is 2.81. The Morgan fingerprint density at radius 3 is 2.29 bits per heavy atom. The molecule has 186 valence electrons. The molecule has 0 aromatic heterocycles. The standard InChI is InChI=1S/C27H31ClN2O4S/c1-17-13-19(3)23(14-18(17)2)20(4)29-27(31)24(15-21-9-7-6-8-10-21)30-35(32,33)26-16-22(28)11-12-25(26)34-5/h6-14,16,20,24,30H,15H2,1-5H3,(H,29,31)/t20-,24+/m1/s1. The van der Waals surface area contributed by atoms with Gasteiger partial charge in [0, 0.05) is 5.02 Å². The number of rotatable bonds is 9. The number of halogens is 1. The van der Waals surface area contributed by atoms with Crippen molar-refractivity contribution in [2.75, 3.05) is 7.11 Å². The van der Waals surface area contributed by atoms with E-state index in [0.717, 1.165) is 22.3 Å². The number of amides is 1. The zero-order valence-electron chi connectivity index (χ0n) is 20.6. The maximum atomic E-state index is 13.4. The monoisotopic (exact) mass is 514 g/mol. The highest BCUT2D eigenvalue weighted by atomic mass is 35.5. The zero-order valence-corrected chi connectivity index (χ0v) is 22.1. The molecule has 0 aliphatic rings. The lowest BCUT2D eigenvalue weighted by Crippen LogP contribution is -2.48. The molecule has 8 heteroatoms. The van der Waals surface area contributed by atoms with E-state index in [-0.39, 0.29) is 28.1 Å². The van der Waals surface area contributed by atoms with Crippen molar-refractivity contribution in [2.45, 2.75) is 51.1 Å². The molecule has 0 radical (unpaired) electrons. The molecule has 0 bridgehead atoms. The molecule has 2 atom stereocenters. The first-order valence-electron chi connectivity index (χ1n) is 11.3. The van der Waals surface area contributed by atoms with Gasteiger partial charge in [0.05, 0.1) is 13.2 Å². The molecule has 2 N–H and O–H groups in total. The molecular weight excluding hydrogens is 484 g/mol. The summed E-state index contributed by atoms with van der Waals surface area (Å²) in [7, 11) is -2.75. The van der Waals surface area contributed by atoms with Gasteiger partial charge in [-0.25, -0.2) is 8.42 Å². The third-order valence-corrected chi connectivity index (χ3v) is 7.75. The first-order valence-corrected chi connectivity index (χ1v) is 13.2. The molecule has 0 fully saturated rings. The Hall–Kier alpha value is -2.87. The third-order valence-electron chi connectivity index (χ3n) is 6.02. The summed E-state index contributed by atoms with van der Waals surface area (Å²) in [5, 5.41) is 3.24. The van der Waals surface area contributed by atoms with Gasteiger partial charge in [0.15, 0.2) is 0 Å². The molecule has 3 aromatic carbocycles. The van der Waals surface area contributed by atoms with Crippen LogP contribution in [-0.2, 0) is 21.2 Å². The Bertz CT molecular complexity index is 1310. The number of carbonyl (C=O) groups excluding carboxylic acids is 1. The van der Waals surface area contributed by atoms with Crippen molar-refractivity contribution in [1.82, 2.24) is 10.0 Å². The largest absolute Gasteiger partial charge is 0.495 e. The highest BCUT2D eigenvalue weighted by molar-refractivity contribution is 7.89. The molecule has 3 rings (SSSR count). The highest BCUT2D eigenvalue weighted by Gasteiger charge is 2.29. The number of nitrogens with one attached hydrogen (secondary N) is 2. The second-order valence-corrected chi connectivity index (χ2v) is 10.8. The molecule has 0 aliphatic carbocycles. The number of benzene rings is 3. The van der Waals surface area contributed by atoms with E-state index in [0.29, 0.717) is 0 Å². The number of carbonyl (C=O) groups is 1. The molecule has 0 saturated heterocycles. The maximum absolute atomic E-state index is 13.4. The van der Waals surface area contributed by atoms with E-state index in [1.807, 2.05) is 58.0 Å². The number of hydrogen-bond donors (Lipinski definition) is 2. The van der Waals surface area contributed by atoms with Gasteiger partial charge in [-0.15, -0.1) is 0 Å². The van der Waals surface area contributed by atoms with Gasteiger partial charge >= 0.3 is 0 Å². The van der Waals surface area contributed by atoms with E-state index in [2.05, 4.69) is 22.2 Å². The van der Waals surface area contributed by atoms with E-state index in [1.165, 1.54) is 24.8 Å². The van der Waals surface area contributed by atoms with Crippen LogP contribution in [0, 0.1) is 20.8 Å². The van der Waals surface area contributed by atoms with Crippen molar-refractivity contribution in [2.24, 2.45) is 0 Å². The molecule has 1 amide bonds. The minimum Gasteiger partial charge on any atom is -0.495 e. The fourth-order valence-electron chi connectivity index (χ4n) is 3.99. The van der Waals surface area contributed by atoms with E-state index < -0.39 is 22.0 Å². The highest BCUT2D eigenvalue weighted by Crippen LogP contribution is 2.27. The Labute approximate surface area is 212 Å². The predicted molar refractivity (Wildman–Crippen MR) is 139 cm³/mol. The summed E-state index contributed by atoms with van der Waals surface area (Å²) in [6.07, 6.45) is 0.174. The summed E-state index contributed by atoms with van der Waals surface area (Å²) in [6.45, 7) is 7.96. The Morgan fingerprint density at radius 2 is 1.63 bits per heavy atom. The van der Waals surface area contributed by atoms with E-state index in [1.54, 1.807) is 6.07 Å². The topological polar surface area (TPSA) is 84.5 Å². The smallest absolute Gasteiger partial charge is 0.245 e. The van der Waals surface area contributed by atoms with Crippen LogP contribution in [0.3, 0.4) is 0 Å². The second-order valence-electron chi connectivity index (χ2n) is 8.68. The van der Waals surface area contributed by atoms with Gasteiger partial charge in [-0.1, -0.05) is 54.1 Å². The van der Waals surface area contributed by atoms with Crippen LogP contribution >= 0.6 is 11.6 Å². The number of methoxy groups -OCH3 is 1. The third kappa shape index (κ3) is 6.63. The number of hydrogen-bond acceptors (Lipinski definition) is 4. The molecule has 0 heterocycles. The van der Waals surface area contributed by atoms with Gasteiger partial charge in [-0.2, -0.15) is 4.72 Å². The molecule has 6 nitrogen and oxygen atoms in total. The molecule has 0 unspecified atom stereocenters. The van der Waals surface area contributed by atoms with Crippen molar-refractivity contribution in [1.29, 1.82) is 0 Å². The normalized spacial score (nSPS) is 13.2. The van der Waals surface area contributed by atoms with Crippen LogP contribution in [-0.4, -0.2) is 27.5 Å². The fourth-order valence-corrected chi connectivity index (χ4v) is 5.62. The van der Waals surface area contributed by atoms with Crippen LogP contribution in [0.15, 0.2) is 65.6 Å². The fraction of sp³-hybridized carbons (Fsp3) is 0.296. The number of ether oxygens (including phenoxy) is 1. The lowest BCUT2D eigenvalue weighted by Gasteiger charge is -2.23. The van der Waals surface area contributed by atoms with Crippen molar-refractivity contribution in [3.63, 3.8) is 0 Å². The molecule has 35 heavy (non-hydrogen) atoms. The SMILES string of the molecule is COc1ccc(Cl)cc1S(=O)(=O)N[C@@H](Cc1ccccc1)C(=O)N[C@H](C)c1cc(C)c(C)cc1C. The second kappa shape index (κ2) is 11.2. The molecule has 0 aliphatic heterocycles. The van der Waals surface area contributed by atoms with Gasteiger partial charge in [-0.3, -0.25) is 4.79 Å². The minimum absolute atomic E-state index is 0.128. The van der Waals surface area contributed by atoms with Gasteiger partial charge in [0.2, 0.25) is 15.9 Å². The molecule has 0 spiro atoms. The molecule has 3 aromatic rings. The summed E-state index contributed by atoms with van der Waals surface area (Å²) >= 11 is 6.06. The van der Waals surface area contributed by atoms with Crippen LogP contribution in [0.4, 0.5) is 0 Å². The van der Waals surface area contributed by atoms with Crippen molar-refractivity contribution < 1.29 is 17.9 Å². The van der Waals surface area contributed by atoms with Crippen LogP contribution in [0.25, 0.3) is 0 Å². The van der Waals surface area contributed by atoms with Crippen molar-refractivity contribution in [3.8, 4) is 5.75 Å². The van der Waals surface area contributed by atoms with E-state index >= 15 is 0 Å². The van der Waals surface area contributed by atoms with Gasteiger partial charge in [-0.05, 0) is 80.1 Å². The first kappa shape index (κ1) is 26.7. The minimum atomic E-state index is -4.13. The lowest BCUT2D eigenvalue weighted by molar-refractivity contribution is -0.123. The van der Waals surface area contributed by atoms with E-state index in [9.17, 15) is 13.2 Å². The Balaban J connectivity index is 1.92. The summed E-state index contributed by atoms with van der Waals surface area (Å²) in [4.78, 5) is 13.3.